The molecule has 3 rings (SSSR count). The quantitative estimate of drug-likeness (QED) is 0.931. The molecule has 6 heteroatoms. The number of aryl methyl sites for hydroxylation is 1. The number of anilines is 2. The van der Waals surface area contributed by atoms with Gasteiger partial charge in [-0.05, 0) is 25.5 Å². The largest absolute Gasteiger partial charge is 0.348 e. The van der Waals surface area contributed by atoms with Crippen LogP contribution in [0.2, 0.25) is 0 Å². The number of benzene rings is 1. The van der Waals surface area contributed by atoms with Crippen LogP contribution in [0.1, 0.15) is 12.2 Å². The van der Waals surface area contributed by atoms with Crippen LogP contribution in [-0.2, 0) is 4.79 Å². The molecule has 1 saturated heterocycles. The van der Waals surface area contributed by atoms with E-state index in [-0.39, 0.29) is 11.9 Å². The predicted molar refractivity (Wildman–Crippen MR) is 75.5 cm³/mol. The normalized spacial score (nSPS) is 18.9. The molecule has 1 aromatic carbocycles. The van der Waals surface area contributed by atoms with Gasteiger partial charge in [0.2, 0.25) is 11.0 Å². The van der Waals surface area contributed by atoms with Gasteiger partial charge in [0.15, 0.2) is 0 Å². The van der Waals surface area contributed by atoms with Crippen LogP contribution in [0.25, 0.3) is 0 Å². The Morgan fingerprint density at radius 3 is 2.84 bits per heavy atom. The first-order chi connectivity index (χ1) is 9.24. The fraction of sp³-hybridized carbons (Fsp3) is 0.308. The van der Waals surface area contributed by atoms with Crippen molar-refractivity contribution in [2.75, 3.05) is 16.8 Å². The fourth-order valence-electron chi connectivity index (χ4n) is 2.18. The third-order valence-electron chi connectivity index (χ3n) is 3.10. The zero-order chi connectivity index (χ0) is 13.2. The highest BCUT2D eigenvalue weighted by atomic mass is 32.1. The number of carbonyl (C=O) groups excluding carboxylic acids is 1. The van der Waals surface area contributed by atoms with Crippen LogP contribution < -0.4 is 10.2 Å². The maximum Gasteiger partial charge on any atom is 0.249 e. The van der Waals surface area contributed by atoms with Crippen molar-refractivity contribution in [3.63, 3.8) is 0 Å². The molecule has 0 bridgehead atoms. The van der Waals surface area contributed by atoms with Crippen molar-refractivity contribution in [2.24, 2.45) is 0 Å². The molecule has 1 fully saturated rings. The lowest BCUT2D eigenvalue weighted by Crippen LogP contribution is -2.33. The van der Waals surface area contributed by atoms with Gasteiger partial charge in [0, 0.05) is 23.8 Å². The van der Waals surface area contributed by atoms with Crippen molar-refractivity contribution in [3.8, 4) is 0 Å². The number of para-hydroxylation sites is 1. The van der Waals surface area contributed by atoms with Crippen LogP contribution in [0.15, 0.2) is 30.3 Å². The lowest BCUT2D eigenvalue weighted by Gasteiger charge is -2.16. The van der Waals surface area contributed by atoms with Crippen LogP contribution in [0.4, 0.5) is 10.8 Å². The van der Waals surface area contributed by atoms with Gasteiger partial charge in [0.1, 0.15) is 11.9 Å². The molecule has 0 aliphatic carbocycles. The second-order valence-corrected chi connectivity index (χ2v) is 5.21. The molecule has 2 aromatic rings. The molecule has 0 radical (unpaired) electrons. The van der Waals surface area contributed by atoms with E-state index in [1.807, 2.05) is 42.2 Å². The van der Waals surface area contributed by atoms with Gasteiger partial charge in [-0.25, -0.2) is 4.98 Å². The van der Waals surface area contributed by atoms with E-state index >= 15 is 0 Å². The second kappa shape index (κ2) is 4.97. The predicted octanol–water partition coefficient (Wildman–Crippen LogP) is 2.06. The Morgan fingerprint density at radius 2 is 2.16 bits per heavy atom. The number of rotatable bonds is 3. The third-order valence-corrected chi connectivity index (χ3v) is 3.84. The zero-order valence-corrected chi connectivity index (χ0v) is 11.4. The summed E-state index contributed by atoms with van der Waals surface area (Å²) in [6.07, 6.45) is 0.784. The van der Waals surface area contributed by atoms with Gasteiger partial charge < -0.3 is 10.2 Å². The van der Waals surface area contributed by atoms with Crippen molar-refractivity contribution < 1.29 is 4.79 Å². The summed E-state index contributed by atoms with van der Waals surface area (Å²) >= 11 is 1.29. The minimum atomic E-state index is -0.201. The van der Waals surface area contributed by atoms with E-state index in [1.165, 1.54) is 11.5 Å². The van der Waals surface area contributed by atoms with Gasteiger partial charge >= 0.3 is 0 Å². The van der Waals surface area contributed by atoms with Crippen molar-refractivity contribution in [2.45, 2.75) is 19.4 Å². The number of nitrogens with zero attached hydrogens (tertiary/aromatic N) is 3. The summed E-state index contributed by atoms with van der Waals surface area (Å²) in [5, 5.41) is 3.88. The number of nitrogens with one attached hydrogen (secondary N) is 1. The Labute approximate surface area is 115 Å². The van der Waals surface area contributed by atoms with Gasteiger partial charge in [-0.2, -0.15) is 4.37 Å². The molecule has 1 N–H and O–H groups in total. The summed E-state index contributed by atoms with van der Waals surface area (Å²) in [6.45, 7) is 2.58. The zero-order valence-electron chi connectivity index (χ0n) is 10.5. The Morgan fingerprint density at radius 1 is 1.37 bits per heavy atom. The van der Waals surface area contributed by atoms with Gasteiger partial charge in [0.05, 0.1) is 0 Å². The van der Waals surface area contributed by atoms with Crippen LogP contribution in [0, 0.1) is 6.92 Å². The smallest absolute Gasteiger partial charge is 0.249 e. The number of hydrogen-bond acceptors (Lipinski definition) is 5. The SMILES string of the molecule is Cc1nsc(NC2CCN(c3ccccc3)C2=O)n1. The molecule has 19 heavy (non-hydrogen) atoms. The molecule has 1 atom stereocenters. The van der Waals surface area contributed by atoms with Crippen LogP contribution in [0.5, 0.6) is 0 Å². The van der Waals surface area contributed by atoms with Crippen molar-refractivity contribution in [3.05, 3.63) is 36.2 Å². The van der Waals surface area contributed by atoms with Crippen molar-refractivity contribution in [1.82, 2.24) is 9.36 Å². The van der Waals surface area contributed by atoms with E-state index in [9.17, 15) is 4.79 Å². The summed E-state index contributed by atoms with van der Waals surface area (Å²) in [4.78, 5) is 18.4. The Hall–Kier alpha value is -1.95. The van der Waals surface area contributed by atoms with Crippen LogP contribution in [0.3, 0.4) is 0 Å². The highest BCUT2D eigenvalue weighted by Gasteiger charge is 2.32. The van der Waals surface area contributed by atoms with Crippen molar-refractivity contribution >= 4 is 28.3 Å². The second-order valence-electron chi connectivity index (χ2n) is 4.46. The molecule has 5 nitrogen and oxygen atoms in total. The monoisotopic (exact) mass is 274 g/mol. The molecule has 1 aliphatic heterocycles. The third kappa shape index (κ3) is 2.44. The Balaban J connectivity index is 1.72. The first-order valence-electron chi connectivity index (χ1n) is 6.17. The van der Waals surface area contributed by atoms with E-state index in [0.717, 1.165) is 24.5 Å². The summed E-state index contributed by atoms with van der Waals surface area (Å²) in [6, 6.07) is 9.54. The topological polar surface area (TPSA) is 58.1 Å². The molecule has 2 heterocycles. The summed E-state index contributed by atoms with van der Waals surface area (Å²) in [5.74, 6) is 0.830. The van der Waals surface area contributed by atoms with Gasteiger partial charge in [-0.3, -0.25) is 4.79 Å². The first-order valence-corrected chi connectivity index (χ1v) is 6.94. The maximum atomic E-state index is 12.3. The summed E-state index contributed by atoms with van der Waals surface area (Å²) in [7, 11) is 0. The molecular weight excluding hydrogens is 260 g/mol. The molecule has 0 spiro atoms. The summed E-state index contributed by atoms with van der Waals surface area (Å²) in [5.41, 5.74) is 0.949. The highest BCUT2D eigenvalue weighted by molar-refractivity contribution is 7.09. The molecule has 1 amide bonds. The molecule has 1 aliphatic rings. The number of hydrogen-bond donors (Lipinski definition) is 1. The molecule has 0 saturated carbocycles. The van der Waals surface area contributed by atoms with Crippen LogP contribution in [-0.4, -0.2) is 27.9 Å². The lowest BCUT2D eigenvalue weighted by molar-refractivity contribution is -0.117. The fourth-order valence-corrected chi connectivity index (χ4v) is 2.81. The van der Waals surface area contributed by atoms with E-state index in [0.29, 0.717) is 5.13 Å². The molecule has 1 unspecified atom stereocenters. The average molecular weight is 274 g/mol. The minimum absolute atomic E-state index is 0.0963. The Kier molecular flexibility index (Phi) is 3.16. The van der Waals surface area contributed by atoms with E-state index < -0.39 is 0 Å². The number of amides is 1. The summed E-state index contributed by atoms with van der Waals surface area (Å²) < 4.78 is 4.10. The van der Waals surface area contributed by atoms with E-state index in [1.54, 1.807) is 0 Å². The first kappa shape index (κ1) is 12.1. The maximum absolute atomic E-state index is 12.3. The van der Waals surface area contributed by atoms with E-state index in [2.05, 4.69) is 14.7 Å². The van der Waals surface area contributed by atoms with Gasteiger partial charge in [-0.1, -0.05) is 18.2 Å². The van der Waals surface area contributed by atoms with Crippen molar-refractivity contribution in [1.29, 1.82) is 0 Å². The van der Waals surface area contributed by atoms with Gasteiger partial charge in [0.25, 0.3) is 0 Å². The number of carbonyl (C=O) groups is 1. The Bertz CT molecular complexity index is 583. The molecule has 98 valence electrons. The number of aromatic nitrogens is 2. The van der Waals surface area contributed by atoms with Crippen LogP contribution >= 0.6 is 11.5 Å². The highest BCUT2D eigenvalue weighted by Crippen LogP contribution is 2.23. The van der Waals surface area contributed by atoms with E-state index in [4.69, 9.17) is 0 Å². The minimum Gasteiger partial charge on any atom is -0.348 e. The molecule has 1 aromatic heterocycles. The average Bonchev–Trinajstić information content (AvgIpc) is 2.99. The van der Waals surface area contributed by atoms with Gasteiger partial charge in [-0.15, -0.1) is 0 Å². The standard InChI is InChI=1S/C13H14N4OS/c1-9-14-13(19-16-9)15-11-7-8-17(12(11)18)10-5-3-2-4-6-10/h2-6,11H,7-8H2,1H3,(H,14,15,16). The lowest BCUT2D eigenvalue weighted by atomic mass is 10.2. The molecular formula is C13H14N4OS.